The topological polar surface area (TPSA) is 115 Å². The summed E-state index contributed by atoms with van der Waals surface area (Å²) in [6.45, 7) is -0.415. The Morgan fingerprint density at radius 3 is 2.56 bits per heavy atom. The summed E-state index contributed by atoms with van der Waals surface area (Å²) < 4.78 is 24.9. The van der Waals surface area contributed by atoms with Gasteiger partial charge in [0.25, 0.3) is 10.0 Å². The highest BCUT2D eigenvalue weighted by molar-refractivity contribution is 7.90. The standard InChI is InChI=1S/C8H10ClN3O3S/c9-6-3-5(1-2-7(6)11)16(14,15)12-8(13)4-10/h1-3H,4,10-11H2,(H,12,13). The second kappa shape index (κ2) is 4.69. The van der Waals surface area contributed by atoms with E-state index in [1.54, 1.807) is 4.72 Å². The van der Waals surface area contributed by atoms with Gasteiger partial charge in [0.1, 0.15) is 0 Å². The van der Waals surface area contributed by atoms with Crippen molar-refractivity contribution in [2.45, 2.75) is 4.90 Å². The minimum atomic E-state index is -3.93. The molecular formula is C8H10ClN3O3S. The number of hydrogen-bond donors (Lipinski definition) is 3. The molecule has 1 amide bonds. The molecule has 0 aliphatic heterocycles. The van der Waals surface area contributed by atoms with Gasteiger partial charge in [-0.15, -0.1) is 0 Å². The van der Waals surface area contributed by atoms with Crippen molar-refractivity contribution in [3.63, 3.8) is 0 Å². The van der Waals surface area contributed by atoms with Crippen molar-refractivity contribution in [2.24, 2.45) is 5.73 Å². The predicted octanol–water partition coefficient (Wildman–Crippen LogP) is -0.314. The molecular weight excluding hydrogens is 254 g/mol. The number of rotatable bonds is 3. The third kappa shape index (κ3) is 2.84. The molecule has 0 heterocycles. The van der Waals surface area contributed by atoms with Crippen LogP contribution in [0.3, 0.4) is 0 Å². The molecule has 0 unspecified atom stereocenters. The van der Waals surface area contributed by atoms with Gasteiger partial charge in [-0.1, -0.05) is 11.6 Å². The minimum Gasteiger partial charge on any atom is -0.398 e. The van der Waals surface area contributed by atoms with Crippen LogP contribution < -0.4 is 16.2 Å². The third-order valence-electron chi connectivity index (χ3n) is 1.72. The van der Waals surface area contributed by atoms with Gasteiger partial charge in [-0.3, -0.25) is 4.79 Å². The van der Waals surface area contributed by atoms with E-state index in [0.29, 0.717) is 0 Å². The van der Waals surface area contributed by atoms with E-state index in [-0.39, 0.29) is 15.6 Å². The molecule has 1 aromatic rings. The molecule has 8 heteroatoms. The van der Waals surface area contributed by atoms with Crippen LogP contribution >= 0.6 is 11.6 Å². The van der Waals surface area contributed by atoms with Crippen LogP contribution in [0.4, 0.5) is 5.69 Å². The fourth-order valence-electron chi connectivity index (χ4n) is 0.925. The summed E-state index contributed by atoms with van der Waals surface area (Å²) in [5.74, 6) is -0.798. The smallest absolute Gasteiger partial charge is 0.264 e. The van der Waals surface area contributed by atoms with E-state index in [9.17, 15) is 13.2 Å². The van der Waals surface area contributed by atoms with E-state index in [2.05, 4.69) is 0 Å². The van der Waals surface area contributed by atoms with Crippen molar-refractivity contribution in [3.05, 3.63) is 23.2 Å². The average molecular weight is 264 g/mol. The highest BCUT2D eigenvalue weighted by atomic mass is 35.5. The molecule has 0 radical (unpaired) electrons. The van der Waals surface area contributed by atoms with Gasteiger partial charge >= 0.3 is 0 Å². The maximum atomic E-state index is 11.6. The summed E-state index contributed by atoms with van der Waals surface area (Å²) in [6.07, 6.45) is 0. The number of benzene rings is 1. The summed E-state index contributed by atoms with van der Waals surface area (Å²) >= 11 is 5.66. The fraction of sp³-hybridized carbons (Fsp3) is 0.125. The van der Waals surface area contributed by atoms with Gasteiger partial charge in [0.05, 0.1) is 22.2 Å². The monoisotopic (exact) mass is 263 g/mol. The zero-order valence-electron chi connectivity index (χ0n) is 8.10. The molecule has 1 aromatic carbocycles. The van der Waals surface area contributed by atoms with Crippen LogP contribution in [0.15, 0.2) is 23.1 Å². The first-order valence-corrected chi connectivity index (χ1v) is 6.03. The molecule has 0 fully saturated rings. The fourth-order valence-corrected chi connectivity index (χ4v) is 2.19. The SMILES string of the molecule is NCC(=O)NS(=O)(=O)c1ccc(N)c(Cl)c1. The van der Waals surface area contributed by atoms with Crippen LogP contribution in [0.2, 0.25) is 5.02 Å². The molecule has 1 rings (SSSR count). The molecule has 16 heavy (non-hydrogen) atoms. The first-order chi connectivity index (χ1) is 7.36. The lowest BCUT2D eigenvalue weighted by molar-refractivity contribution is -0.118. The Morgan fingerprint density at radius 2 is 2.06 bits per heavy atom. The van der Waals surface area contributed by atoms with Gasteiger partial charge in [-0.05, 0) is 18.2 Å². The molecule has 0 spiro atoms. The highest BCUT2D eigenvalue weighted by Crippen LogP contribution is 2.22. The Bertz CT molecular complexity index is 515. The molecule has 0 aliphatic carbocycles. The molecule has 0 bridgehead atoms. The highest BCUT2D eigenvalue weighted by Gasteiger charge is 2.17. The molecule has 0 saturated heterocycles. The quantitative estimate of drug-likeness (QED) is 0.647. The zero-order chi connectivity index (χ0) is 12.3. The van der Waals surface area contributed by atoms with E-state index in [4.69, 9.17) is 23.1 Å². The Labute approximate surface area is 97.6 Å². The van der Waals surface area contributed by atoms with E-state index >= 15 is 0 Å². The first-order valence-electron chi connectivity index (χ1n) is 4.17. The number of halogens is 1. The van der Waals surface area contributed by atoms with Gasteiger partial charge in [0.2, 0.25) is 5.91 Å². The molecule has 0 atom stereocenters. The van der Waals surface area contributed by atoms with Gasteiger partial charge in [-0.25, -0.2) is 13.1 Å². The van der Waals surface area contributed by atoms with Crippen molar-refractivity contribution in [2.75, 3.05) is 12.3 Å². The second-order valence-electron chi connectivity index (χ2n) is 2.92. The molecule has 5 N–H and O–H groups in total. The van der Waals surface area contributed by atoms with Crippen molar-refractivity contribution in [1.82, 2.24) is 4.72 Å². The van der Waals surface area contributed by atoms with Crippen LogP contribution in [-0.2, 0) is 14.8 Å². The molecule has 0 aliphatic rings. The lowest BCUT2D eigenvalue weighted by atomic mass is 10.3. The lowest BCUT2D eigenvalue weighted by Gasteiger charge is -2.06. The number of hydrogen-bond acceptors (Lipinski definition) is 5. The lowest BCUT2D eigenvalue weighted by Crippen LogP contribution is -2.35. The number of nitrogens with two attached hydrogens (primary N) is 2. The summed E-state index contributed by atoms with van der Waals surface area (Å²) in [5, 5.41) is 0.100. The van der Waals surface area contributed by atoms with E-state index in [1.165, 1.54) is 12.1 Å². The summed E-state index contributed by atoms with van der Waals surface area (Å²) in [7, 11) is -3.93. The average Bonchev–Trinajstić information content (AvgIpc) is 2.21. The van der Waals surface area contributed by atoms with E-state index in [0.717, 1.165) is 6.07 Å². The Morgan fingerprint density at radius 1 is 1.44 bits per heavy atom. The maximum absolute atomic E-state index is 11.6. The minimum absolute atomic E-state index is 0.100. The Kier molecular flexibility index (Phi) is 3.74. The zero-order valence-corrected chi connectivity index (χ0v) is 9.68. The Balaban J connectivity index is 3.08. The largest absolute Gasteiger partial charge is 0.398 e. The summed E-state index contributed by atoms with van der Waals surface area (Å²) in [4.78, 5) is 10.7. The molecule has 0 saturated carbocycles. The van der Waals surface area contributed by atoms with Crippen LogP contribution in [0.5, 0.6) is 0 Å². The summed E-state index contributed by atoms with van der Waals surface area (Å²) in [6, 6.07) is 3.74. The number of nitrogen functional groups attached to an aromatic ring is 1. The van der Waals surface area contributed by atoms with E-state index in [1.807, 2.05) is 0 Å². The number of amides is 1. The number of nitrogens with one attached hydrogen (secondary N) is 1. The van der Waals surface area contributed by atoms with E-state index < -0.39 is 22.5 Å². The van der Waals surface area contributed by atoms with Crippen molar-refractivity contribution in [3.8, 4) is 0 Å². The van der Waals surface area contributed by atoms with Crippen LogP contribution in [0.1, 0.15) is 0 Å². The molecule has 6 nitrogen and oxygen atoms in total. The maximum Gasteiger partial charge on any atom is 0.264 e. The molecule has 88 valence electrons. The number of carbonyl (C=O) groups excluding carboxylic acids is 1. The van der Waals surface area contributed by atoms with Crippen molar-refractivity contribution >= 4 is 33.2 Å². The first kappa shape index (κ1) is 12.8. The van der Waals surface area contributed by atoms with Gasteiger partial charge in [-0.2, -0.15) is 0 Å². The van der Waals surface area contributed by atoms with Crippen molar-refractivity contribution < 1.29 is 13.2 Å². The van der Waals surface area contributed by atoms with Gasteiger partial charge in [0, 0.05) is 0 Å². The second-order valence-corrected chi connectivity index (χ2v) is 5.01. The normalized spacial score (nSPS) is 11.1. The Hall–Kier alpha value is -1.31. The van der Waals surface area contributed by atoms with Gasteiger partial charge < -0.3 is 11.5 Å². The number of carbonyl (C=O) groups is 1. The summed E-state index contributed by atoms with van der Waals surface area (Å²) in [5.41, 5.74) is 10.7. The van der Waals surface area contributed by atoms with Crippen molar-refractivity contribution in [1.29, 1.82) is 0 Å². The predicted molar refractivity (Wildman–Crippen MR) is 60.2 cm³/mol. The van der Waals surface area contributed by atoms with Gasteiger partial charge in [0.15, 0.2) is 0 Å². The van der Waals surface area contributed by atoms with Crippen LogP contribution in [0.25, 0.3) is 0 Å². The molecule has 0 aromatic heterocycles. The third-order valence-corrected chi connectivity index (χ3v) is 3.41. The number of sulfonamides is 1. The van der Waals surface area contributed by atoms with Crippen LogP contribution in [0, 0.1) is 0 Å². The van der Waals surface area contributed by atoms with Crippen LogP contribution in [-0.4, -0.2) is 20.9 Å². The number of anilines is 1.